The first-order valence-corrected chi connectivity index (χ1v) is 6.18. The quantitative estimate of drug-likeness (QED) is 0.766. The summed E-state index contributed by atoms with van der Waals surface area (Å²) in [6.07, 6.45) is 3.75. The summed E-state index contributed by atoms with van der Waals surface area (Å²) in [6, 6.07) is 9.80. The normalized spacial score (nSPS) is 11.2. The van der Waals surface area contributed by atoms with Gasteiger partial charge in [0.25, 0.3) is 0 Å². The molecule has 1 aromatic carbocycles. The Bertz CT molecular complexity index is 530. The number of alkyl halides is 1. The summed E-state index contributed by atoms with van der Waals surface area (Å²) in [5, 5.41) is 5.03. The van der Waals surface area contributed by atoms with Crippen LogP contribution < -0.4 is 0 Å². The number of rotatable bonds is 3. The third kappa shape index (κ3) is 2.54. The van der Waals surface area contributed by atoms with Crippen LogP contribution in [0, 0.1) is 6.92 Å². The fourth-order valence-electron chi connectivity index (χ4n) is 1.60. The minimum absolute atomic E-state index is 0.465. The second-order valence-corrected chi connectivity index (χ2v) is 4.26. The van der Waals surface area contributed by atoms with Gasteiger partial charge in [-0.3, -0.25) is 0 Å². The lowest BCUT2D eigenvalue weighted by Crippen LogP contribution is -1.95. The third-order valence-corrected chi connectivity index (χ3v) is 2.96. The van der Waals surface area contributed by atoms with Crippen LogP contribution in [0.25, 0.3) is 11.8 Å². The number of aryl methyl sites for hydroxylation is 1. The lowest BCUT2D eigenvalue weighted by molar-refractivity contribution is 0.863. The molecule has 0 aliphatic heterocycles. The molecule has 0 aliphatic rings. The van der Waals surface area contributed by atoms with Crippen LogP contribution in [-0.4, -0.2) is 15.7 Å². The van der Waals surface area contributed by atoms with Crippen LogP contribution in [0.2, 0.25) is 5.15 Å². The van der Waals surface area contributed by atoms with Crippen LogP contribution in [0.1, 0.15) is 11.3 Å². The summed E-state index contributed by atoms with van der Waals surface area (Å²) in [5.41, 5.74) is 2.75. The highest BCUT2D eigenvalue weighted by Gasteiger charge is 2.11. The van der Waals surface area contributed by atoms with Gasteiger partial charge in [0, 0.05) is 11.4 Å². The highest BCUT2D eigenvalue weighted by atomic mass is 35.5. The van der Waals surface area contributed by atoms with Gasteiger partial charge in [-0.05, 0) is 19.1 Å². The van der Waals surface area contributed by atoms with Gasteiger partial charge in [-0.15, -0.1) is 11.6 Å². The van der Waals surface area contributed by atoms with E-state index in [1.54, 1.807) is 4.68 Å². The summed E-state index contributed by atoms with van der Waals surface area (Å²) in [6.45, 7) is 1.93. The summed E-state index contributed by atoms with van der Waals surface area (Å²) in [5.74, 6) is 0.465. The van der Waals surface area contributed by atoms with E-state index in [0.717, 1.165) is 16.9 Å². The maximum absolute atomic E-state index is 6.31. The number of benzene rings is 1. The van der Waals surface area contributed by atoms with Gasteiger partial charge in [0.1, 0.15) is 5.15 Å². The Balaban J connectivity index is 2.48. The van der Waals surface area contributed by atoms with E-state index in [0.29, 0.717) is 11.0 Å². The van der Waals surface area contributed by atoms with Gasteiger partial charge < -0.3 is 0 Å². The number of nitrogens with zero attached hydrogens (tertiary/aromatic N) is 2. The molecule has 0 atom stereocenters. The van der Waals surface area contributed by atoms with Crippen molar-refractivity contribution in [2.24, 2.45) is 0 Å². The second kappa shape index (κ2) is 5.39. The predicted molar refractivity (Wildman–Crippen MR) is 73.1 cm³/mol. The van der Waals surface area contributed by atoms with Crippen LogP contribution in [0.4, 0.5) is 0 Å². The van der Waals surface area contributed by atoms with Crippen LogP contribution >= 0.6 is 23.2 Å². The molecular weight excluding hydrogens is 255 g/mol. The van der Waals surface area contributed by atoms with E-state index in [2.05, 4.69) is 5.10 Å². The van der Waals surface area contributed by atoms with Crippen molar-refractivity contribution < 1.29 is 0 Å². The first-order valence-electron chi connectivity index (χ1n) is 5.27. The molecule has 17 heavy (non-hydrogen) atoms. The summed E-state index contributed by atoms with van der Waals surface area (Å²) < 4.78 is 1.73. The van der Waals surface area contributed by atoms with Gasteiger partial charge in [-0.1, -0.05) is 42.0 Å². The van der Waals surface area contributed by atoms with E-state index in [4.69, 9.17) is 23.2 Å². The smallest absolute Gasteiger partial charge is 0.140 e. The molecule has 0 spiro atoms. The lowest BCUT2D eigenvalue weighted by atomic mass is 10.2. The van der Waals surface area contributed by atoms with Crippen LogP contribution in [0.5, 0.6) is 0 Å². The van der Waals surface area contributed by atoms with Crippen molar-refractivity contribution in [2.45, 2.75) is 6.92 Å². The van der Waals surface area contributed by atoms with Gasteiger partial charge in [0.15, 0.2) is 0 Å². The summed E-state index contributed by atoms with van der Waals surface area (Å²) >= 11 is 11.9. The Kier molecular flexibility index (Phi) is 3.87. The summed E-state index contributed by atoms with van der Waals surface area (Å²) in [4.78, 5) is 0. The molecule has 1 aromatic heterocycles. The van der Waals surface area contributed by atoms with Gasteiger partial charge in [-0.2, -0.15) is 5.10 Å². The van der Waals surface area contributed by atoms with E-state index in [1.165, 1.54) is 0 Å². The van der Waals surface area contributed by atoms with Crippen molar-refractivity contribution in [1.82, 2.24) is 9.78 Å². The number of hydrogen-bond acceptors (Lipinski definition) is 1. The second-order valence-electron chi connectivity index (χ2n) is 3.59. The molecule has 0 amide bonds. The largest absolute Gasteiger partial charge is 0.221 e. The molecule has 0 unspecified atom stereocenters. The number of halogens is 2. The molecule has 0 saturated heterocycles. The maximum Gasteiger partial charge on any atom is 0.140 e. The molecule has 1 heterocycles. The Hall–Kier alpha value is -1.25. The number of hydrogen-bond donors (Lipinski definition) is 0. The summed E-state index contributed by atoms with van der Waals surface area (Å²) in [7, 11) is 0. The van der Waals surface area contributed by atoms with Gasteiger partial charge in [-0.25, -0.2) is 4.68 Å². The Morgan fingerprint density at radius 2 is 2.00 bits per heavy atom. The highest BCUT2D eigenvalue weighted by Crippen LogP contribution is 2.24. The average molecular weight is 267 g/mol. The Labute approximate surface area is 110 Å². The molecule has 2 aromatic rings. The van der Waals surface area contributed by atoms with E-state index < -0.39 is 0 Å². The fourth-order valence-corrected chi connectivity index (χ4v) is 2.03. The zero-order chi connectivity index (χ0) is 12.3. The van der Waals surface area contributed by atoms with Crippen molar-refractivity contribution >= 4 is 29.3 Å². The van der Waals surface area contributed by atoms with Gasteiger partial charge >= 0.3 is 0 Å². The highest BCUT2D eigenvalue weighted by molar-refractivity contribution is 6.31. The standard InChI is InChI=1S/C13H12Cl2N2/c1-10-12(8-5-9-14)13(15)17(16-10)11-6-3-2-4-7-11/h2-8H,9H2,1H3. The zero-order valence-electron chi connectivity index (χ0n) is 9.40. The molecule has 0 radical (unpaired) electrons. The Morgan fingerprint density at radius 3 is 2.65 bits per heavy atom. The SMILES string of the molecule is Cc1nn(-c2ccccc2)c(Cl)c1C=CCCl. The van der Waals surface area contributed by atoms with Crippen molar-refractivity contribution in [3.05, 3.63) is 52.8 Å². The zero-order valence-corrected chi connectivity index (χ0v) is 10.9. The average Bonchev–Trinajstić information content (AvgIpc) is 2.64. The minimum atomic E-state index is 0.465. The van der Waals surface area contributed by atoms with Gasteiger partial charge in [0.05, 0.1) is 11.4 Å². The van der Waals surface area contributed by atoms with E-state index >= 15 is 0 Å². The van der Waals surface area contributed by atoms with E-state index in [9.17, 15) is 0 Å². The first kappa shape index (κ1) is 12.2. The van der Waals surface area contributed by atoms with Crippen LogP contribution in [0.3, 0.4) is 0 Å². The monoisotopic (exact) mass is 266 g/mol. The first-order chi connectivity index (χ1) is 8.24. The number of para-hydroxylation sites is 1. The molecule has 0 fully saturated rings. The third-order valence-electron chi connectivity index (χ3n) is 2.42. The molecule has 4 heteroatoms. The van der Waals surface area contributed by atoms with Crippen LogP contribution in [-0.2, 0) is 0 Å². The molecule has 0 bridgehead atoms. The van der Waals surface area contributed by atoms with Crippen molar-refractivity contribution in [3.63, 3.8) is 0 Å². The van der Waals surface area contributed by atoms with E-state index in [-0.39, 0.29) is 0 Å². The van der Waals surface area contributed by atoms with Crippen molar-refractivity contribution in [1.29, 1.82) is 0 Å². The molecule has 0 aliphatic carbocycles. The molecular formula is C13H12Cl2N2. The maximum atomic E-state index is 6.31. The molecule has 2 nitrogen and oxygen atoms in total. The van der Waals surface area contributed by atoms with Crippen molar-refractivity contribution in [3.8, 4) is 5.69 Å². The van der Waals surface area contributed by atoms with Crippen LogP contribution in [0.15, 0.2) is 36.4 Å². The molecule has 0 saturated carbocycles. The molecule has 0 N–H and O–H groups in total. The molecule has 88 valence electrons. The molecule has 2 rings (SSSR count). The Morgan fingerprint density at radius 1 is 1.29 bits per heavy atom. The number of aromatic nitrogens is 2. The van der Waals surface area contributed by atoms with Crippen molar-refractivity contribution in [2.75, 3.05) is 5.88 Å². The number of allylic oxidation sites excluding steroid dienone is 1. The minimum Gasteiger partial charge on any atom is -0.221 e. The predicted octanol–water partition coefficient (Wildman–Crippen LogP) is 4.09. The van der Waals surface area contributed by atoms with Gasteiger partial charge in [0.2, 0.25) is 0 Å². The fraction of sp³-hybridized carbons (Fsp3) is 0.154. The lowest BCUT2D eigenvalue weighted by Gasteiger charge is -2.01. The topological polar surface area (TPSA) is 17.8 Å². The van der Waals surface area contributed by atoms with E-state index in [1.807, 2.05) is 49.4 Å².